The monoisotopic (exact) mass is 460 g/mol. The van der Waals surface area contributed by atoms with Crippen LogP contribution in [0.2, 0.25) is 0 Å². The lowest BCUT2D eigenvalue weighted by molar-refractivity contribution is -0.00691. The molecule has 0 aromatic heterocycles. The van der Waals surface area contributed by atoms with Crippen molar-refractivity contribution in [2.24, 2.45) is 0 Å². The van der Waals surface area contributed by atoms with Crippen LogP contribution >= 0.6 is 0 Å². The van der Waals surface area contributed by atoms with E-state index in [1.807, 2.05) is 67.6 Å². The van der Waals surface area contributed by atoms with Crippen LogP contribution in [0.1, 0.15) is 45.0 Å². The van der Waals surface area contributed by atoms with E-state index >= 15 is 0 Å². The average Bonchev–Trinajstić information content (AvgIpc) is 2.83. The van der Waals surface area contributed by atoms with E-state index in [9.17, 15) is 4.79 Å². The highest BCUT2D eigenvalue weighted by molar-refractivity contribution is 6.06. The first-order chi connectivity index (χ1) is 16.2. The second kappa shape index (κ2) is 11.2. The Hall–Kier alpha value is -3.31. The van der Waals surface area contributed by atoms with Gasteiger partial charge in [0.1, 0.15) is 6.23 Å². The van der Waals surface area contributed by atoms with Crippen molar-refractivity contribution in [3.05, 3.63) is 78.4 Å². The number of anilines is 1. The van der Waals surface area contributed by atoms with Gasteiger partial charge in [-0.1, -0.05) is 42.5 Å². The van der Waals surface area contributed by atoms with Crippen LogP contribution in [-0.4, -0.2) is 43.3 Å². The third kappa shape index (κ3) is 5.78. The van der Waals surface area contributed by atoms with E-state index in [1.165, 1.54) is 0 Å². The van der Waals surface area contributed by atoms with E-state index in [0.29, 0.717) is 29.1 Å². The number of amides is 1. The zero-order valence-electron chi connectivity index (χ0n) is 21.3. The predicted molar refractivity (Wildman–Crippen MR) is 140 cm³/mol. The van der Waals surface area contributed by atoms with Crippen LogP contribution in [0.15, 0.2) is 72.8 Å². The molecule has 0 aliphatic heterocycles. The molecule has 0 saturated heterocycles. The predicted octanol–water partition coefficient (Wildman–Crippen LogP) is 6.48. The molecule has 0 N–H and O–H groups in total. The molecule has 0 bridgehead atoms. The summed E-state index contributed by atoms with van der Waals surface area (Å²) < 4.78 is 11.9. The molecular weight excluding hydrogens is 424 g/mol. The molecular formula is C29H36N2O3. The van der Waals surface area contributed by atoms with E-state index in [2.05, 4.69) is 44.7 Å². The number of carbonyl (C=O) groups excluding carboxylic acids is 1. The van der Waals surface area contributed by atoms with Crippen LogP contribution in [0.25, 0.3) is 11.1 Å². The molecule has 1 amide bonds. The van der Waals surface area contributed by atoms with Crippen LogP contribution in [0.4, 0.5) is 5.69 Å². The van der Waals surface area contributed by atoms with Gasteiger partial charge in [0, 0.05) is 36.4 Å². The van der Waals surface area contributed by atoms with Gasteiger partial charge in [-0.2, -0.15) is 0 Å². The van der Waals surface area contributed by atoms with Gasteiger partial charge < -0.3 is 14.4 Å². The molecule has 0 spiro atoms. The van der Waals surface area contributed by atoms with Gasteiger partial charge in [-0.25, -0.2) is 0 Å². The number of rotatable bonds is 9. The number of methoxy groups -OCH3 is 1. The first-order valence-corrected chi connectivity index (χ1v) is 11.8. The quantitative estimate of drug-likeness (QED) is 0.343. The fraction of sp³-hybridized carbons (Fsp3) is 0.345. The van der Waals surface area contributed by atoms with Crippen molar-refractivity contribution in [2.45, 2.75) is 52.9 Å². The molecule has 0 aliphatic carbocycles. The topological polar surface area (TPSA) is 42.0 Å². The summed E-state index contributed by atoms with van der Waals surface area (Å²) in [5.74, 6) is 1.16. The molecule has 0 aliphatic rings. The lowest BCUT2D eigenvalue weighted by Crippen LogP contribution is -2.46. The van der Waals surface area contributed by atoms with Crippen LogP contribution in [0.3, 0.4) is 0 Å². The average molecular weight is 461 g/mol. The zero-order valence-corrected chi connectivity index (χ0v) is 21.3. The maximum Gasteiger partial charge on any atom is 0.258 e. The molecule has 3 rings (SSSR count). The number of hydrogen-bond acceptors (Lipinski definition) is 4. The Kier molecular flexibility index (Phi) is 8.35. The molecule has 5 heteroatoms. The van der Waals surface area contributed by atoms with Crippen molar-refractivity contribution >= 4 is 11.6 Å². The zero-order chi connectivity index (χ0) is 24.8. The summed E-state index contributed by atoms with van der Waals surface area (Å²) in [4.78, 5) is 17.1. The number of carbonyl (C=O) groups is 1. The fourth-order valence-corrected chi connectivity index (χ4v) is 4.39. The van der Waals surface area contributed by atoms with Crippen LogP contribution in [0, 0.1) is 0 Å². The first kappa shape index (κ1) is 25.3. The smallest absolute Gasteiger partial charge is 0.258 e. The van der Waals surface area contributed by atoms with Gasteiger partial charge in [-0.15, -0.1) is 0 Å². The number of ether oxygens (including phenoxy) is 2. The van der Waals surface area contributed by atoms with Gasteiger partial charge in [0.05, 0.1) is 7.11 Å². The molecule has 0 fully saturated rings. The molecule has 34 heavy (non-hydrogen) atoms. The van der Waals surface area contributed by atoms with E-state index in [0.717, 1.165) is 16.8 Å². The normalized spacial score (nSPS) is 12.2. The van der Waals surface area contributed by atoms with Crippen LogP contribution in [0.5, 0.6) is 11.5 Å². The molecule has 180 valence electrons. The van der Waals surface area contributed by atoms with Gasteiger partial charge in [-0.05, 0) is 70.0 Å². The van der Waals surface area contributed by atoms with E-state index in [-0.39, 0.29) is 12.1 Å². The standard InChI is InChI=1S/C29H36N2O3/c1-20(2)31(21(3)4)22(5)34-28-19-26(17-18-27(28)33-7)30(6)29(32)25-15-13-24(14-16-25)23-11-9-8-10-12-23/h8-22H,1-7H3. The Balaban J connectivity index is 1.81. The number of nitrogens with zero attached hydrogens (tertiary/aromatic N) is 2. The summed E-state index contributed by atoms with van der Waals surface area (Å²) in [6, 6.07) is 24.1. The lowest BCUT2D eigenvalue weighted by Gasteiger charge is -2.36. The lowest BCUT2D eigenvalue weighted by atomic mass is 10.0. The summed E-state index contributed by atoms with van der Waals surface area (Å²) in [6.45, 7) is 10.7. The van der Waals surface area contributed by atoms with Crippen molar-refractivity contribution in [1.82, 2.24) is 4.90 Å². The second-order valence-electron chi connectivity index (χ2n) is 8.99. The fourth-order valence-electron chi connectivity index (χ4n) is 4.39. The Labute approximate surface area is 203 Å². The van der Waals surface area contributed by atoms with Gasteiger partial charge in [-0.3, -0.25) is 9.69 Å². The first-order valence-electron chi connectivity index (χ1n) is 11.8. The second-order valence-corrected chi connectivity index (χ2v) is 8.99. The molecule has 0 heterocycles. The summed E-state index contributed by atoms with van der Waals surface area (Å²) in [6.07, 6.45) is -0.157. The highest BCUT2D eigenvalue weighted by Gasteiger charge is 2.23. The van der Waals surface area contributed by atoms with Crippen molar-refractivity contribution < 1.29 is 14.3 Å². The van der Waals surface area contributed by atoms with E-state index in [4.69, 9.17) is 9.47 Å². The molecule has 3 aromatic rings. The highest BCUT2D eigenvalue weighted by atomic mass is 16.5. The minimum Gasteiger partial charge on any atom is -0.493 e. The van der Waals surface area contributed by atoms with Crippen molar-refractivity contribution in [2.75, 3.05) is 19.1 Å². The maximum absolute atomic E-state index is 13.2. The van der Waals surface area contributed by atoms with Gasteiger partial charge in [0.15, 0.2) is 11.5 Å². The molecule has 0 saturated carbocycles. The van der Waals surface area contributed by atoms with Gasteiger partial charge >= 0.3 is 0 Å². The molecule has 5 nitrogen and oxygen atoms in total. The molecule has 1 atom stereocenters. The summed E-state index contributed by atoms with van der Waals surface area (Å²) in [7, 11) is 3.40. The van der Waals surface area contributed by atoms with Gasteiger partial charge in [0.2, 0.25) is 0 Å². The highest BCUT2D eigenvalue weighted by Crippen LogP contribution is 2.33. The molecule has 0 radical (unpaired) electrons. The molecule has 1 unspecified atom stereocenters. The molecule has 3 aromatic carbocycles. The minimum atomic E-state index is -0.157. The largest absolute Gasteiger partial charge is 0.493 e. The Morgan fingerprint density at radius 1 is 0.765 bits per heavy atom. The SMILES string of the molecule is COc1ccc(N(C)C(=O)c2ccc(-c3ccccc3)cc2)cc1OC(C)N(C(C)C)C(C)C. The van der Waals surface area contributed by atoms with Crippen molar-refractivity contribution in [1.29, 1.82) is 0 Å². The minimum absolute atomic E-state index is 0.0882. The van der Waals surface area contributed by atoms with Crippen LogP contribution in [-0.2, 0) is 0 Å². The summed E-state index contributed by atoms with van der Waals surface area (Å²) in [5.41, 5.74) is 3.56. The Morgan fingerprint density at radius 2 is 1.35 bits per heavy atom. The maximum atomic E-state index is 13.2. The summed E-state index contributed by atoms with van der Waals surface area (Å²) >= 11 is 0. The third-order valence-corrected chi connectivity index (χ3v) is 5.99. The van der Waals surface area contributed by atoms with Crippen LogP contribution < -0.4 is 14.4 Å². The van der Waals surface area contributed by atoms with Gasteiger partial charge in [0.25, 0.3) is 5.91 Å². The van der Waals surface area contributed by atoms with E-state index < -0.39 is 0 Å². The third-order valence-electron chi connectivity index (χ3n) is 5.99. The summed E-state index contributed by atoms with van der Waals surface area (Å²) in [5, 5.41) is 0. The van der Waals surface area contributed by atoms with Crippen molar-refractivity contribution in [3.8, 4) is 22.6 Å². The number of benzene rings is 3. The Morgan fingerprint density at radius 3 is 1.91 bits per heavy atom. The Bertz CT molecular complexity index is 1070. The van der Waals surface area contributed by atoms with Crippen molar-refractivity contribution in [3.63, 3.8) is 0 Å². The number of hydrogen-bond donors (Lipinski definition) is 0. The van der Waals surface area contributed by atoms with E-state index in [1.54, 1.807) is 19.1 Å².